The number of allylic oxidation sites excluding steroid dienone is 1. The first-order chi connectivity index (χ1) is 2.77. The molecular formula is C4H6BrN. The van der Waals surface area contributed by atoms with Gasteiger partial charge in [-0.2, -0.15) is 0 Å². The Labute approximate surface area is 45.9 Å². The molecule has 0 fully saturated rings. The smallest absolute Gasteiger partial charge is 0.0359 e. The van der Waals surface area contributed by atoms with Gasteiger partial charge in [-0.1, -0.05) is 15.9 Å². The van der Waals surface area contributed by atoms with Gasteiger partial charge in [0.1, 0.15) is 0 Å². The monoisotopic (exact) mass is 147 g/mol. The maximum atomic E-state index is 3.48. The van der Waals surface area contributed by atoms with Gasteiger partial charge in [-0.05, 0) is 13.6 Å². The highest BCUT2D eigenvalue weighted by atomic mass is 79.9. The van der Waals surface area contributed by atoms with Crippen molar-refractivity contribution in [1.82, 2.24) is 0 Å². The summed E-state index contributed by atoms with van der Waals surface area (Å²) in [5.74, 6) is 0. The summed E-state index contributed by atoms with van der Waals surface area (Å²) in [6, 6.07) is 0. The second-order valence-electron chi connectivity index (χ2n) is 0.898. The van der Waals surface area contributed by atoms with Gasteiger partial charge in [0, 0.05) is 10.7 Å². The molecule has 0 N–H and O–H groups in total. The second kappa shape index (κ2) is 3.09. The summed E-state index contributed by atoms with van der Waals surface area (Å²) in [6.07, 6.45) is 1.64. The number of hydrogen-bond donors (Lipinski definition) is 0. The second-order valence-corrected chi connectivity index (χ2v) is 2.15. The average molecular weight is 148 g/mol. The number of nitrogens with zero attached hydrogens (tertiary/aromatic N) is 1. The fourth-order valence-electron chi connectivity index (χ4n) is 0.126. The van der Waals surface area contributed by atoms with E-state index in [9.17, 15) is 0 Å². The van der Waals surface area contributed by atoms with Crippen LogP contribution in [-0.4, -0.2) is 6.72 Å². The third kappa shape index (κ3) is 3.89. The van der Waals surface area contributed by atoms with Gasteiger partial charge in [-0.15, -0.1) is 0 Å². The molecule has 0 rings (SSSR count). The van der Waals surface area contributed by atoms with Crippen molar-refractivity contribution >= 4 is 22.6 Å². The Morgan fingerprint density at radius 2 is 2.50 bits per heavy atom. The standard InChI is InChI=1S/C4H6BrN/c1-4(5)3-6-2/h3H,2H2,1H3. The van der Waals surface area contributed by atoms with Gasteiger partial charge in [0.15, 0.2) is 0 Å². The third-order valence-corrected chi connectivity index (χ3v) is 0.474. The molecule has 34 valence electrons. The molecule has 0 aromatic carbocycles. The molecule has 0 unspecified atom stereocenters. The van der Waals surface area contributed by atoms with Gasteiger partial charge in [0.25, 0.3) is 0 Å². The highest BCUT2D eigenvalue weighted by molar-refractivity contribution is 9.11. The summed E-state index contributed by atoms with van der Waals surface area (Å²) >= 11 is 3.16. The molecule has 0 aliphatic heterocycles. The SMILES string of the molecule is C=NC=C(C)Br. The lowest BCUT2D eigenvalue weighted by atomic mass is 10.7. The van der Waals surface area contributed by atoms with Crippen LogP contribution in [0.1, 0.15) is 6.92 Å². The largest absolute Gasteiger partial charge is 0.272 e. The summed E-state index contributed by atoms with van der Waals surface area (Å²) < 4.78 is 0.998. The lowest BCUT2D eigenvalue weighted by Crippen LogP contribution is -1.48. The Kier molecular flexibility index (Phi) is 3.04. The predicted octanol–water partition coefficient (Wildman–Crippen LogP) is 1.94. The van der Waals surface area contributed by atoms with Crippen molar-refractivity contribution in [2.45, 2.75) is 6.92 Å². The molecule has 0 heterocycles. The van der Waals surface area contributed by atoms with E-state index in [0.717, 1.165) is 4.48 Å². The fraction of sp³-hybridized carbons (Fsp3) is 0.250. The average Bonchev–Trinajstić information content (AvgIpc) is 1.35. The Morgan fingerprint density at radius 3 is 2.50 bits per heavy atom. The van der Waals surface area contributed by atoms with Gasteiger partial charge in [0.05, 0.1) is 0 Å². The fourth-order valence-corrected chi connectivity index (χ4v) is 0.271. The van der Waals surface area contributed by atoms with E-state index in [-0.39, 0.29) is 0 Å². The van der Waals surface area contributed by atoms with Crippen LogP contribution in [-0.2, 0) is 0 Å². The first-order valence-electron chi connectivity index (χ1n) is 1.55. The Hall–Kier alpha value is -0.110. The van der Waals surface area contributed by atoms with Gasteiger partial charge in [-0.25, -0.2) is 0 Å². The quantitative estimate of drug-likeness (QED) is 0.504. The minimum absolute atomic E-state index is 0.998. The van der Waals surface area contributed by atoms with Crippen molar-refractivity contribution in [2.75, 3.05) is 0 Å². The minimum Gasteiger partial charge on any atom is -0.272 e. The molecule has 0 radical (unpaired) electrons. The molecule has 0 saturated heterocycles. The lowest BCUT2D eigenvalue weighted by Gasteiger charge is -1.73. The first kappa shape index (κ1) is 5.89. The van der Waals surface area contributed by atoms with Crippen LogP contribution in [0.15, 0.2) is 15.7 Å². The molecule has 0 aliphatic carbocycles. The van der Waals surface area contributed by atoms with Crippen molar-refractivity contribution in [3.05, 3.63) is 10.7 Å². The maximum absolute atomic E-state index is 3.48. The Bertz CT molecular complexity index is 71.6. The summed E-state index contributed by atoms with van der Waals surface area (Å²) in [5, 5.41) is 0. The van der Waals surface area contributed by atoms with Crippen LogP contribution in [0.3, 0.4) is 0 Å². The topological polar surface area (TPSA) is 12.4 Å². The molecule has 2 heteroatoms. The molecule has 0 bridgehead atoms. The number of halogens is 1. The Balaban J connectivity index is 3.41. The van der Waals surface area contributed by atoms with E-state index in [4.69, 9.17) is 0 Å². The van der Waals surface area contributed by atoms with E-state index in [0.29, 0.717) is 0 Å². The van der Waals surface area contributed by atoms with Crippen LogP contribution in [0, 0.1) is 0 Å². The molecule has 0 aromatic heterocycles. The molecule has 0 amide bonds. The summed E-state index contributed by atoms with van der Waals surface area (Å²) in [5.41, 5.74) is 0. The van der Waals surface area contributed by atoms with Crippen LogP contribution >= 0.6 is 15.9 Å². The van der Waals surface area contributed by atoms with E-state index < -0.39 is 0 Å². The van der Waals surface area contributed by atoms with Gasteiger partial charge >= 0.3 is 0 Å². The third-order valence-electron chi connectivity index (χ3n) is 0.269. The highest BCUT2D eigenvalue weighted by Crippen LogP contribution is 1.99. The van der Waals surface area contributed by atoms with Gasteiger partial charge in [0.2, 0.25) is 0 Å². The maximum Gasteiger partial charge on any atom is 0.0359 e. The molecular weight excluding hydrogens is 142 g/mol. The number of hydrogen-bond acceptors (Lipinski definition) is 1. The lowest BCUT2D eigenvalue weighted by molar-refractivity contribution is 1.54. The van der Waals surface area contributed by atoms with Crippen LogP contribution in [0.25, 0.3) is 0 Å². The molecule has 0 atom stereocenters. The van der Waals surface area contributed by atoms with E-state index >= 15 is 0 Å². The van der Waals surface area contributed by atoms with Gasteiger partial charge in [-0.3, -0.25) is 4.99 Å². The molecule has 0 saturated carbocycles. The summed E-state index contributed by atoms with van der Waals surface area (Å²) in [4.78, 5) is 3.48. The van der Waals surface area contributed by atoms with E-state index in [1.807, 2.05) is 6.92 Å². The van der Waals surface area contributed by atoms with Crippen LogP contribution in [0.4, 0.5) is 0 Å². The molecule has 0 spiro atoms. The zero-order chi connectivity index (χ0) is 4.99. The number of aliphatic imine (C=N–C) groups is 1. The molecule has 0 aromatic rings. The summed E-state index contributed by atoms with van der Waals surface area (Å²) in [7, 11) is 0. The predicted molar refractivity (Wildman–Crippen MR) is 32.2 cm³/mol. The highest BCUT2D eigenvalue weighted by Gasteiger charge is 1.67. The first-order valence-corrected chi connectivity index (χ1v) is 2.35. The summed E-state index contributed by atoms with van der Waals surface area (Å²) in [6.45, 7) is 5.14. The molecule has 0 aliphatic rings. The van der Waals surface area contributed by atoms with Crippen molar-refractivity contribution in [3.63, 3.8) is 0 Å². The van der Waals surface area contributed by atoms with E-state index in [1.54, 1.807) is 6.20 Å². The molecule has 1 nitrogen and oxygen atoms in total. The van der Waals surface area contributed by atoms with Crippen molar-refractivity contribution < 1.29 is 0 Å². The van der Waals surface area contributed by atoms with Crippen molar-refractivity contribution in [3.8, 4) is 0 Å². The van der Waals surface area contributed by atoms with Crippen LogP contribution < -0.4 is 0 Å². The van der Waals surface area contributed by atoms with Crippen LogP contribution in [0.2, 0.25) is 0 Å². The van der Waals surface area contributed by atoms with Gasteiger partial charge < -0.3 is 0 Å². The van der Waals surface area contributed by atoms with E-state index in [1.165, 1.54) is 0 Å². The van der Waals surface area contributed by atoms with Crippen LogP contribution in [0.5, 0.6) is 0 Å². The molecule has 6 heavy (non-hydrogen) atoms. The minimum atomic E-state index is 0.998. The zero-order valence-electron chi connectivity index (χ0n) is 3.61. The van der Waals surface area contributed by atoms with E-state index in [2.05, 4.69) is 27.6 Å². The Morgan fingerprint density at radius 1 is 2.00 bits per heavy atom. The van der Waals surface area contributed by atoms with Crippen molar-refractivity contribution in [2.24, 2.45) is 4.99 Å². The normalized spacial score (nSPS) is 11.3. The number of rotatable bonds is 1. The zero-order valence-corrected chi connectivity index (χ0v) is 5.20. The van der Waals surface area contributed by atoms with Crippen molar-refractivity contribution in [1.29, 1.82) is 0 Å².